The number of anilines is 1. The lowest BCUT2D eigenvalue weighted by atomic mass is 9.87. The molecule has 0 spiro atoms. The van der Waals surface area contributed by atoms with Gasteiger partial charge < -0.3 is 33.5 Å². The molecule has 0 radical (unpaired) electrons. The van der Waals surface area contributed by atoms with Gasteiger partial charge in [0.05, 0.1) is 50.6 Å². The van der Waals surface area contributed by atoms with E-state index in [1.165, 1.54) is 6.07 Å². The lowest BCUT2D eigenvalue weighted by molar-refractivity contribution is -0.384. The highest BCUT2D eigenvalue weighted by Gasteiger charge is 2.34. The third-order valence-electron chi connectivity index (χ3n) is 8.23. The number of carbonyl (C=O) groups is 1. The molecule has 1 amide bonds. The van der Waals surface area contributed by atoms with Crippen LogP contribution in [0.1, 0.15) is 60.8 Å². The molecular formula is C35H43N3O8. The number of ether oxygens (including phenoxy) is 5. The van der Waals surface area contributed by atoms with E-state index in [1.54, 1.807) is 12.1 Å². The lowest BCUT2D eigenvalue weighted by Crippen LogP contribution is -2.41. The van der Waals surface area contributed by atoms with E-state index in [4.69, 9.17) is 23.7 Å². The minimum Gasteiger partial charge on any atom is -0.490 e. The molecule has 2 heterocycles. The molecule has 0 aliphatic carbocycles. The molecule has 0 aromatic heterocycles. The molecule has 0 bridgehead atoms. The zero-order valence-electron chi connectivity index (χ0n) is 27.1. The molecule has 11 heteroatoms. The fourth-order valence-electron chi connectivity index (χ4n) is 6.19. The van der Waals surface area contributed by atoms with Crippen molar-refractivity contribution in [3.63, 3.8) is 0 Å². The van der Waals surface area contributed by atoms with Crippen LogP contribution in [0.3, 0.4) is 0 Å². The van der Waals surface area contributed by atoms with Gasteiger partial charge in [0.15, 0.2) is 23.0 Å². The molecule has 5 rings (SSSR count). The molecule has 1 fully saturated rings. The molecule has 1 atom stereocenters. The van der Waals surface area contributed by atoms with Crippen molar-refractivity contribution in [2.75, 3.05) is 64.2 Å². The molecule has 246 valence electrons. The summed E-state index contributed by atoms with van der Waals surface area (Å²) in [6, 6.07) is 14.3. The maximum Gasteiger partial charge on any atom is 0.293 e. The van der Waals surface area contributed by atoms with Gasteiger partial charge in [-0.15, -0.1) is 0 Å². The molecule has 11 nitrogen and oxygen atoms in total. The van der Waals surface area contributed by atoms with E-state index in [0.29, 0.717) is 101 Å². The van der Waals surface area contributed by atoms with E-state index < -0.39 is 4.92 Å². The summed E-state index contributed by atoms with van der Waals surface area (Å²) in [6.45, 7) is 12.2. The van der Waals surface area contributed by atoms with E-state index in [0.717, 1.165) is 16.7 Å². The predicted octanol–water partition coefficient (Wildman–Crippen LogP) is 6.01. The summed E-state index contributed by atoms with van der Waals surface area (Å²) in [6.07, 6.45) is 1.09. The first-order chi connectivity index (χ1) is 22.4. The topological polar surface area (TPSA) is 113 Å². The summed E-state index contributed by atoms with van der Waals surface area (Å²) in [4.78, 5) is 29.9. The Balaban J connectivity index is 1.56. The van der Waals surface area contributed by atoms with Gasteiger partial charge in [-0.25, -0.2) is 0 Å². The zero-order valence-corrected chi connectivity index (χ0v) is 27.1. The number of carbonyl (C=O) groups excluding carboxylic acids is 1. The minimum atomic E-state index is -0.413. The monoisotopic (exact) mass is 633 g/mol. The summed E-state index contributed by atoms with van der Waals surface area (Å²) >= 11 is 0. The van der Waals surface area contributed by atoms with E-state index in [9.17, 15) is 14.9 Å². The zero-order chi connectivity index (χ0) is 32.6. The standard InChI is InChI=1S/C35H43N3O8/c1-5-43-31-12-9-24(20-32(31)44-6-2)19-29-27-23-34(46-8-4)33(45-7-3)22-25(27)13-14-37(29)35(39)26-10-11-28(30(21-26)38(40)41)36-15-17-42-18-16-36/h9-12,20-23,29H,5-8,13-19H2,1-4H3/t29-/m0/s1. The third-order valence-corrected chi connectivity index (χ3v) is 8.23. The van der Waals surface area contributed by atoms with Gasteiger partial charge in [0.1, 0.15) is 5.69 Å². The molecule has 0 N–H and O–H groups in total. The highest BCUT2D eigenvalue weighted by molar-refractivity contribution is 5.96. The number of amides is 1. The highest BCUT2D eigenvalue weighted by Crippen LogP contribution is 2.42. The second-order valence-electron chi connectivity index (χ2n) is 11.0. The van der Waals surface area contributed by atoms with E-state index in [2.05, 4.69) is 0 Å². The number of nitro groups is 1. The van der Waals surface area contributed by atoms with Crippen LogP contribution >= 0.6 is 0 Å². The van der Waals surface area contributed by atoms with Crippen molar-refractivity contribution in [1.29, 1.82) is 0 Å². The first-order valence-electron chi connectivity index (χ1n) is 16.1. The molecule has 46 heavy (non-hydrogen) atoms. The van der Waals surface area contributed by atoms with Crippen molar-refractivity contribution in [3.05, 3.63) is 80.9 Å². The largest absolute Gasteiger partial charge is 0.490 e. The average molecular weight is 634 g/mol. The number of fused-ring (bicyclic) bond motifs is 1. The maximum atomic E-state index is 14.3. The Morgan fingerprint density at radius 1 is 0.826 bits per heavy atom. The van der Waals surface area contributed by atoms with Gasteiger partial charge in [-0.1, -0.05) is 6.07 Å². The Bertz CT molecular complexity index is 1540. The molecule has 3 aromatic rings. The second kappa shape index (κ2) is 15.2. The lowest BCUT2D eigenvalue weighted by Gasteiger charge is -2.38. The van der Waals surface area contributed by atoms with Crippen LogP contribution in [0.25, 0.3) is 0 Å². The summed E-state index contributed by atoms with van der Waals surface area (Å²) < 4.78 is 29.0. The number of nitro benzene ring substituents is 1. The van der Waals surface area contributed by atoms with Gasteiger partial charge in [-0.3, -0.25) is 14.9 Å². The molecular weight excluding hydrogens is 590 g/mol. The summed E-state index contributed by atoms with van der Waals surface area (Å²) in [5, 5.41) is 12.2. The van der Waals surface area contributed by atoms with Gasteiger partial charge in [0.25, 0.3) is 11.6 Å². The first-order valence-corrected chi connectivity index (χ1v) is 16.1. The fourth-order valence-corrected chi connectivity index (χ4v) is 6.19. The third kappa shape index (κ3) is 7.14. The van der Waals surface area contributed by atoms with Crippen molar-refractivity contribution in [2.45, 2.75) is 46.6 Å². The van der Waals surface area contributed by atoms with Crippen LogP contribution < -0.4 is 23.8 Å². The van der Waals surface area contributed by atoms with E-state index >= 15 is 0 Å². The Hall–Kier alpha value is -4.51. The van der Waals surface area contributed by atoms with Crippen molar-refractivity contribution >= 4 is 17.3 Å². The average Bonchev–Trinajstić information content (AvgIpc) is 3.06. The predicted molar refractivity (Wildman–Crippen MR) is 175 cm³/mol. The first kappa shape index (κ1) is 32.9. The Labute approximate surface area is 270 Å². The number of hydrogen-bond acceptors (Lipinski definition) is 9. The van der Waals surface area contributed by atoms with Gasteiger partial charge in [0, 0.05) is 31.3 Å². The molecule has 1 saturated heterocycles. The molecule has 3 aromatic carbocycles. The number of hydrogen-bond donors (Lipinski definition) is 0. The van der Waals surface area contributed by atoms with Crippen molar-refractivity contribution in [3.8, 4) is 23.0 Å². The van der Waals surface area contributed by atoms with Crippen LogP contribution in [0.15, 0.2) is 48.5 Å². The number of nitrogens with zero attached hydrogens (tertiary/aromatic N) is 3. The van der Waals surface area contributed by atoms with Gasteiger partial charge in [0.2, 0.25) is 0 Å². The molecule has 0 unspecified atom stereocenters. The van der Waals surface area contributed by atoms with Gasteiger partial charge in [-0.05, 0) is 93.6 Å². The minimum absolute atomic E-state index is 0.0884. The Morgan fingerprint density at radius 3 is 2.11 bits per heavy atom. The summed E-state index contributed by atoms with van der Waals surface area (Å²) in [5.41, 5.74) is 3.67. The molecule has 0 saturated carbocycles. The molecule has 2 aliphatic heterocycles. The maximum absolute atomic E-state index is 14.3. The van der Waals surface area contributed by atoms with Gasteiger partial charge in [-0.2, -0.15) is 0 Å². The highest BCUT2D eigenvalue weighted by atomic mass is 16.6. The van der Waals surface area contributed by atoms with Crippen LogP contribution in [0.4, 0.5) is 11.4 Å². The van der Waals surface area contributed by atoms with Crippen molar-refractivity contribution < 1.29 is 33.4 Å². The van der Waals surface area contributed by atoms with Crippen LogP contribution in [-0.2, 0) is 17.6 Å². The fraction of sp³-hybridized carbons (Fsp3) is 0.457. The number of morpholine rings is 1. The Morgan fingerprint density at radius 2 is 1.46 bits per heavy atom. The summed E-state index contributed by atoms with van der Waals surface area (Å²) in [5.74, 6) is 2.34. The Kier molecular flexibility index (Phi) is 10.8. The number of rotatable bonds is 13. The molecule has 2 aliphatic rings. The van der Waals surface area contributed by atoms with Crippen LogP contribution in [0, 0.1) is 10.1 Å². The van der Waals surface area contributed by atoms with E-state index in [-0.39, 0.29) is 23.2 Å². The normalized spacial score (nSPS) is 16.0. The van der Waals surface area contributed by atoms with Crippen molar-refractivity contribution in [1.82, 2.24) is 4.90 Å². The smallest absolute Gasteiger partial charge is 0.293 e. The quantitative estimate of drug-likeness (QED) is 0.165. The second-order valence-corrected chi connectivity index (χ2v) is 11.0. The number of benzene rings is 3. The van der Waals surface area contributed by atoms with Crippen LogP contribution in [0.2, 0.25) is 0 Å². The van der Waals surface area contributed by atoms with Crippen molar-refractivity contribution in [2.24, 2.45) is 0 Å². The van der Waals surface area contributed by atoms with Crippen LogP contribution in [-0.4, -0.2) is 75.0 Å². The van der Waals surface area contributed by atoms with Gasteiger partial charge >= 0.3 is 0 Å². The summed E-state index contributed by atoms with van der Waals surface area (Å²) in [7, 11) is 0. The van der Waals surface area contributed by atoms with E-state index in [1.807, 2.05) is 67.8 Å². The van der Waals surface area contributed by atoms with Crippen LogP contribution in [0.5, 0.6) is 23.0 Å². The SMILES string of the molecule is CCOc1ccc(C[C@H]2c3cc(OCC)c(OCC)cc3CCN2C(=O)c2ccc(N3CCOCC3)c([N+](=O)[O-])c2)cc1OCC.